The lowest BCUT2D eigenvalue weighted by Crippen LogP contribution is -1.98. The van der Waals surface area contributed by atoms with Gasteiger partial charge in [-0.05, 0) is 55.2 Å². The van der Waals surface area contributed by atoms with Crippen molar-refractivity contribution in [2.45, 2.75) is 175 Å². The summed E-state index contributed by atoms with van der Waals surface area (Å²) in [6.45, 7) is 6.86. The first-order chi connectivity index (χ1) is 16.7. The van der Waals surface area contributed by atoms with Crippen molar-refractivity contribution in [2.24, 2.45) is 0 Å². The molecule has 1 aromatic carbocycles. The maximum absolute atomic E-state index is 11.1. The van der Waals surface area contributed by atoms with Gasteiger partial charge in [-0.1, -0.05) is 148 Å². The molecule has 1 nitrogen and oxygen atoms in total. The molecule has 0 spiro atoms. The van der Waals surface area contributed by atoms with E-state index in [0.29, 0.717) is 5.75 Å². The Labute approximate surface area is 214 Å². The third-order valence-corrected chi connectivity index (χ3v) is 7.50. The van der Waals surface area contributed by atoms with E-state index in [4.69, 9.17) is 0 Å². The predicted octanol–water partition coefficient (Wildman–Crippen LogP) is 11.3. The monoisotopic (exact) mass is 472 g/mol. The van der Waals surface area contributed by atoms with Crippen LogP contribution >= 0.6 is 0 Å². The fraction of sp³-hybridized carbons (Fsp3) is 0.818. The second-order valence-corrected chi connectivity index (χ2v) is 10.9. The first kappa shape index (κ1) is 31.1. The summed E-state index contributed by atoms with van der Waals surface area (Å²) in [5.74, 6) is 0.625. The Balaban J connectivity index is 2.55. The molecule has 0 aliphatic carbocycles. The Morgan fingerprint density at radius 2 is 0.706 bits per heavy atom. The third-order valence-electron chi connectivity index (χ3n) is 7.50. The highest BCUT2D eigenvalue weighted by Crippen LogP contribution is 2.29. The average Bonchev–Trinajstić information content (AvgIpc) is 2.84. The molecule has 34 heavy (non-hydrogen) atoms. The summed E-state index contributed by atoms with van der Waals surface area (Å²) in [6, 6.07) is 4.69. The number of aromatic hydroxyl groups is 1. The number of rotatable bonds is 24. The number of benzene rings is 1. The molecule has 0 radical (unpaired) electrons. The Morgan fingerprint density at radius 3 is 1.06 bits per heavy atom. The number of phenols is 1. The SMILES string of the molecule is CCCCCCCCCc1cc(CCCCCCCCC)c(O)c(CCCCCCCCC)c1. The summed E-state index contributed by atoms with van der Waals surface area (Å²) in [5.41, 5.74) is 3.93. The zero-order valence-electron chi connectivity index (χ0n) is 23.6. The van der Waals surface area contributed by atoms with Gasteiger partial charge in [-0.15, -0.1) is 0 Å². The van der Waals surface area contributed by atoms with Gasteiger partial charge in [0.25, 0.3) is 0 Å². The van der Waals surface area contributed by atoms with E-state index < -0.39 is 0 Å². The predicted molar refractivity (Wildman–Crippen MR) is 153 cm³/mol. The fourth-order valence-electron chi connectivity index (χ4n) is 5.19. The van der Waals surface area contributed by atoms with Gasteiger partial charge in [0, 0.05) is 0 Å². The van der Waals surface area contributed by atoms with E-state index in [2.05, 4.69) is 32.9 Å². The smallest absolute Gasteiger partial charge is 0.121 e. The topological polar surface area (TPSA) is 20.2 Å². The first-order valence-electron chi connectivity index (χ1n) is 15.6. The zero-order valence-corrected chi connectivity index (χ0v) is 23.6. The second kappa shape index (κ2) is 22.5. The Bertz CT molecular complexity index is 537. The molecule has 0 fully saturated rings. The molecule has 1 rings (SSSR count). The van der Waals surface area contributed by atoms with Crippen molar-refractivity contribution < 1.29 is 5.11 Å². The molecular weight excluding hydrogens is 412 g/mol. The zero-order chi connectivity index (χ0) is 24.7. The molecule has 0 amide bonds. The molecular formula is C33H60O. The third kappa shape index (κ3) is 15.8. The van der Waals surface area contributed by atoms with E-state index in [9.17, 15) is 5.11 Å². The van der Waals surface area contributed by atoms with Crippen LogP contribution < -0.4 is 0 Å². The van der Waals surface area contributed by atoms with E-state index in [1.54, 1.807) is 0 Å². The molecule has 1 aromatic rings. The van der Waals surface area contributed by atoms with E-state index in [0.717, 1.165) is 12.8 Å². The molecule has 198 valence electrons. The van der Waals surface area contributed by atoms with E-state index >= 15 is 0 Å². The van der Waals surface area contributed by atoms with E-state index in [1.165, 1.54) is 158 Å². The first-order valence-corrected chi connectivity index (χ1v) is 15.6. The number of aryl methyl sites for hydroxylation is 3. The second-order valence-electron chi connectivity index (χ2n) is 10.9. The number of hydrogen-bond donors (Lipinski definition) is 1. The number of phenolic OH excluding ortho intramolecular Hbond substituents is 1. The minimum atomic E-state index is 0.625. The van der Waals surface area contributed by atoms with Gasteiger partial charge in [0.15, 0.2) is 0 Å². The van der Waals surface area contributed by atoms with Crippen LogP contribution in [0.2, 0.25) is 0 Å². The molecule has 0 heterocycles. The van der Waals surface area contributed by atoms with Gasteiger partial charge in [0.05, 0.1) is 0 Å². The van der Waals surface area contributed by atoms with Crippen molar-refractivity contribution in [2.75, 3.05) is 0 Å². The van der Waals surface area contributed by atoms with Gasteiger partial charge in [-0.25, -0.2) is 0 Å². The maximum Gasteiger partial charge on any atom is 0.121 e. The highest BCUT2D eigenvalue weighted by atomic mass is 16.3. The van der Waals surface area contributed by atoms with Crippen LogP contribution in [0.5, 0.6) is 5.75 Å². The molecule has 1 heteroatoms. The molecule has 0 aliphatic heterocycles. The van der Waals surface area contributed by atoms with Gasteiger partial charge < -0.3 is 5.11 Å². The van der Waals surface area contributed by atoms with Crippen molar-refractivity contribution in [1.29, 1.82) is 0 Å². The van der Waals surface area contributed by atoms with Crippen LogP contribution in [0.3, 0.4) is 0 Å². The molecule has 0 bridgehead atoms. The normalized spacial score (nSPS) is 11.4. The van der Waals surface area contributed by atoms with Crippen LogP contribution in [0, 0.1) is 0 Å². The molecule has 0 saturated heterocycles. The van der Waals surface area contributed by atoms with Crippen LogP contribution in [-0.4, -0.2) is 5.11 Å². The highest BCUT2D eigenvalue weighted by molar-refractivity contribution is 5.44. The van der Waals surface area contributed by atoms with Crippen molar-refractivity contribution in [1.82, 2.24) is 0 Å². The molecule has 1 N–H and O–H groups in total. The van der Waals surface area contributed by atoms with Crippen molar-refractivity contribution in [3.63, 3.8) is 0 Å². The van der Waals surface area contributed by atoms with Gasteiger partial charge in [0.1, 0.15) is 5.75 Å². The quantitative estimate of drug-likeness (QED) is 0.148. The Morgan fingerprint density at radius 1 is 0.412 bits per heavy atom. The summed E-state index contributed by atoms with van der Waals surface area (Å²) in [7, 11) is 0. The number of unbranched alkanes of at least 4 members (excludes halogenated alkanes) is 18. The Kier molecular flexibility index (Phi) is 20.5. The lowest BCUT2D eigenvalue weighted by Gasteiger charge is -2.14. The van der Waals surface area contributed by atoms with E-state index in [-0.39, 0.29) is 0 Å². The molecule has 0 aromatic heterocycles. The summed E-state index contributed by atoms with van der Waals surface area (Å²) in [5, 5.41) is 11.1. The minimum Gasteiger partial charge on any atom is -0.507 e. The fourth-order valence-corrected chi connectivity index (χ4v) is 5.19. The van der Waals surface area contributed by atoms with Crippen molar-refractivity contribution >= 4 is 0 Å². The summed E-state index contributed by atoms with van der Waals surface area (Å²) < 4.78 is 0. The maximum atomic E-state index is 11.1. The lowest BCUT2D eigenvalue weighted by atomic mass is 9.94. The summed E-state index contributed by atoms with van der Waals surface area (Å²) in [6.07, 6.45) is 31.5. The summed E-state index contributed by atoms with van der Waals surface area (Å²) in [4.78, 5) is 0. The standard InChI is InChI=1S/C33H60O/c1-4-7-10-13-16-19-22-25-30-28-31(26-23-20-17-14-11-8-5-2)33(34)32(29-30)27-24-21-18-15-12-9-6-3/h28-29,34H,4-27H2,1-3H3. The molecule has 0 unspecified atom stereocenters. The van der Waals surface area contributed by atoms with Crippen LogP contribution in [0.25, 0.3) is 0 Å². The lowest BCUT2D eigenvalue weighted by molar-refractivity contribution is 0.456. The Hall–Kier alpha value is -0.980. The molecule has 0 aliphatic rings. The average molecular weight is 473 g/mol. The largest absolute Gasteiger partial charge is 0.507 e. The van der Waals surface area contributed by atoms with Crippen molar-refractivity contribution in [3.05, 3.63) is 28.8 Å². The summed E-state index contributed by atoms with van der Waals surface area (Å²) >= 11 is 0. The van der Waals surface area contributed by atoms with Crippen LogP contribution in [0.15, 0.2) is 12.1 Å². The van der Waals surface area contributed by atoms with E-state index in [1.807, 2.05) is 0 Å². The van der Waals surface area contributed by atoms with Crippen LogP contribution in [0.4, 0.5) is 0 Å². The highest BCUT2D eigenvalue weighted by Gasteiger charge is 2.10. The van der Waals surface area contributed by atoms with Gasteiger partial charge in [0.2, 0.25) is 0 Å². The minimum absolute atomic E-state index is 0.625. The van der Waals surface area contributed by atoms with Crippen LogP contribution in [0.1, 0.15) is 172 Å². The van der Waals surface area contributed by atoms with Gasteiger partial charge >= 0.3 is 0 Å². The molecule has 0 atom stereocenters. The van der Waals surface area contributed by atoms with Gasteiger partial charge in [-0.2, -0.15) is 0 Å². The van der Waals surface area contributed by atoms with Gasteiger partial charge in [-0.3, -0.25) is 0 Å². The van der Waals surface area contributed by atoms with Crippen molar-refractivity contribution in [3.8, 4) is 5.75 Å². The van der Waals surface area contributed by atoms with Crippen LogP contribution in [-0.2, 0) is 19.3 Å². The number of hydrogen-bond acceptors (Lipinski definition) is 1. The molecule has 0 saturated carbocycles.